The molecule has 1 aromatic heterocycles. The van der Waals surface area contributed by atoms with E-state index in [2.05, 4.69) is 25.8 Å². The van der Waals surface area contributed by atoms with Crippen LogP contribution in [0.25, 0.3) is 0 Å². The van der Waals surface area contributed by atoms with E-state index in [4.69, 9.17) is 4.74 Å². The first-order valence-corrected chi connectivity index (χ1v) is 8.18. The highest BCUT2D eigenvalue weighted by molar-refractivity contribution is 7.12. The summed E-state index contributed by atoms with van der Waals surface area (Å²) in [5.74, 6) is -0.462. The molecule has 0 N–H and O–H groups in total. The number of nitrogens with zero attached hydrogens (tertiary/aromatic N) is 2. The normalized spacial score (nSPS) is 11.5. The number of carbonyl (C=O) groups excluding carboxylic acids is 1. The van der Waals surface area contributed by atoms with E-state index in [0.717, 1.165) is 0 Å². The van der Waals surface area contributed by atoms with Crippen LogP contribution in [0.3, 0.4) is 0 Å². The summed E-state index contributed by atoms with van der Waals surface area (Å²) >= 11 is 1.29. The lowest BCUT2D eigenvalue weighted by atomic mass is 9.95. The van der Waals surface area contributed by atoms with E-state index in [0.29, 0.717) is 22.8 Å². The Labute approximate surface area is 139 Å². The molecule has 1 amide bonds. The highest BCUT2D eigenvalue weighted by Crippen LogP contribution is 2.26. The predicted molar refractivity (Wildman–Crippen MR) is 90.4 cm³/mol. The highest BCUT2D eigenvalue weighted by atomic mass is 32.1. The van der Waals surface area contributed by atoms with Crippen LogP contribution in [0.15, 0.2) is 29.8 Å². The largest absolute Gasteiger partial charge is 0.378 e. The van der Waals surface area contributed by atoms with Gasteiger partial charge in [-0.05, 0) is 29.7 Å². The summed E-state index contributed by atoms with van der Waals surface area (Å²) in [5, 5.41) is 0. The molecule has 0 atom stereocenters. The summed E-state index contributed by atoms with van der Waals surface area (Å²) in [7, 11) is 1.57. The SMILES string of the molecule is COCc1ncsc1C(=O)N(CC(C)(C)C)c1ccc(F)cc1. The molecule has 2 rings (SSSR count). The molecule has 2 aromatic rings. The summed E-state index contributed by atoms with van der Waals surface area (Å²) in [6, 6.07) is 5.97. The fraction of sp³-hybridized carbons (Fsp3) is 0.412. The number of hydrogen-bond donors (Lipinski definition) is 0. The minimum atomic E-state index is -0.324. The van der Waals surface area contributed by atoms with Gasteiger partial charge in [0.2, 0.25) is 0 Å². The number of aromatic nitrogens is 1. The number of amides is 1. The molecule has 0 fully saturated rings. The zero-order chi connectivity index (χ0) is 17.0. The van der Waals surface area contributed by atoms with Crippen LogP contribution in [-0.2, 0) is 11.3 Å². The molecule has 4 nitrogen and oxygen atoms in total. The molecular formula is C17H21FN2O2S. The molecule has 0 aliphatic rings. The van der Waals surface area contributed by atoms with Gasteiger partial charge in [0.15, 0.2) is 0 Å². The van der Waals surface area contributed by atoms with Gasteiger partial charge in [-0.25, -0.2) is 9.37 Å². The number of carbonyl (C=O) groups is 1. The van der Waals surface area contributed by atoms with Crippen LogP contribution < -0.4 is 4.90 Å². The highest BCUT2D eigenvalue weighted by Gasteiger charge is 2.26. The number of anilines is 1. The number of thiazole rings is 1. The lowest BCUT2D eigenvalue weighted by Gasteiger charge is -2.30. The topological polar surface area (TPSA) is 42.4 Å². The van der Waals surface area contributed by atoms with Crippen molar-refractivity contribution >= 4 is 22.9 Å². The second kappa shape index (κ2) is 7.19. The van der Waals surface area contributed by atoms with Gasteiger partial charge in [-0.1, -0.05) is 20.8 Å². The van der Waals surface area contributed by atoms with Crippen molar-refractivity contribution in [3.05, 3.63) is 46.2 Å². The summed E-state index contributed by atoms with van der Waals surface area (Å²) in [4.78, 5) is 19.4. The number of rotatable bonds is 5. The van der Waals surface area contributed by atoms with Crippen LogP contribution in [0.5, 0.6) is 0 Å². The van der Waals surface area contributed by atoms with Gasteiger partial charge in [0.25, 0.3) is 5.91 Å². The number of hydrogen-bond acceptors (Lipinski definition) is 4. The van der Waals surface area contributed by atoms with Crippen LogP contribution in [-0.4, -0.2) is 24.5 Å². The third-order valence-corrected chi connectivity index (χ3v) is 3.99. The Morgan fingerprint density at radius 3 is 2.52 bits per heavy atom. The minimum Gasteiger partial charge on any atom is -0.378 e. The third kappa shape index (κ3) is 4.59. The Hall–Kier alpha value is -1.79. The maximum absolute atomic E-state index is 13.2. The molecular weight excluding hydrogens is 315 g/mol. The molecule has 0 saturated carbocycles. The van der Waals surface area contributed by atoms with Gasteiger partial charge < -0.3 is 9.64 Å². The van der Waals surface area contributed by atoms with Crippen molar-refractivity contribution in [2.45, 2.75) is 27.4 Å². The van der Waals surface area contributed by atoms with Crippen molar-refractivity contribution in [2.24, 2.45) is 5.41 Å². The molecule has 6 heteroatoms. The number of benzene rings is 1. The second-order valence-electron chi connectivity index (χ2n) is 6.49. The van der Waals surface area contributed by atoms with Crippen LogP contribution in [0.4, 0.5) is 10.1 Å². The van der Waals surface area contributed by atoms with E-state index in [1.807, 2.05) is 0 Å². The summed E-state index contributed by atoms with van der Waals surface area (Å²) in [6.45, 7) is 6.97. The zero-order valence-electron chi connectivity index (χ0n) is 13.8. The van der Waals surface area contributed by atoms with Crippen molar-refractivity contribution in [3.8, 4) is 0 Å². The van der Waals surface area contributed by atoms with Gasteiger partial charge in [0, 0.05) is 19.3 Å². The van der Waals surface area contributed by atoms with E-state index in [1.165, 1.54) is 23.5 Å². The summed E-state index contributed by atoms with van der Waals surface area (Å²) in [5.41, 5.74) is 2.84. The van der Waals surface area contributed by atoms with Crippen molar-refractivity contribution in [1.82, 2.24) is 4.98 Å². The second-order valence-corrected chi connectivity index (χ2v) is 7.34. The molecule has 0 radical (unpaired) electrons. The number of methoxy groups -OCH3 is 1. The van der Waals surface area contributed by atoms with E-state index < -0.39 is 0 Å². The lowest BCUT2D eigenvalue weighted by molar-refractivity contribution is 0.0976. The molecule has 0 spiro atoms. The molecule has 124 valence electrons. The van der Waals surface area contributed by atoms with Crippen LogP contribution in [0.2, 0.25) is 0 Å². The number of halogens is 1. The van der Waals surface area contributed by atoms with Gasteiger partial charge in [-0.3, -0.25) is 4.79 Å². The first kappa shape index (κ1) is 17.6. The quantitative estimate of drug-likeness (QED) is 0.825. The summed E-state index contributed by atoms with van der Waals surface area (Å²) in [6.07, 6.45) is 0. The van der Waals surface area contributed by atoms with Gasteiger partial charge in [0.1, 0.15) is 10.7 Å². The molecule has 1 aromatic carbocycles. The van der Waals surface area contributed by atoms with Gasteiger partial charge in [-0.15, -0.1) is 11.3 Å². The van der Waals surface area contributed by atoms with Crippen molar-refractivity contribution < 1.29 is 13.9 Å². The van der Waals surface area contributed by atoms with Crippen LogP contribution in [0, 0.1) is 11.2 Å². The van der Waals surface area contributed by atoms with Crippen LogP contribution in [0.1, 0.15) is 36.1 Å². The molecule has 0 bridgehead atoms. The van der Waals surface area contributed by atoms with E-state index in [1.54, 1.807) is 29.7 Å². The lowest BCUT2D eigenvalue weighted by Crippen LogP contribution is -2.38. The van der Waals surface area contributed by atoms with Crippen molar-refractivity contribution in [2.75, 3.05) is 18.6 Å². The zero-order valence-corrected chi connectivity index (χ0v) is 14.6. The maximum atomic E-state index is 13.2. The Morgan fingerprint density at radius 1 is 1.30 bits per heavy atom. The molecule has 0 unspecified atom stereocenters. The maximum Gasteiger partial charge on any atom is 0.270 e. The monoisotopic (exact) mass is 336 g/mol. The van der Waals surface area contributed by atoms with Gasteiger partial charge in [-0.2, -0.15) is 0 Å². The first-order chi connectivity index (χ1) is 10.8. The molecule has 1 heterocycles. The summed E-state index contributed by atoms with van der Waals surface area (Å²) < 4.78 is 18.3. The number of ether oxygens (including phenoxy) is 1. The average Bonchev–Trinajstić information content (AvgIpc) is 2.93. The standard InChI is InChI=1S/C17H21FN2O2S/c1-17(2,3)10-20(13-7-5-12(18)6-8-13)16(21)15-14(9-22-4)19-11-23-15/h5-8,11H,9-10H2,1-4H3. The Morgan fingerprint density at radius 2 is 1.96 bits per heavy atom. The Balaban J connectivity index is 2.38. The fourth-order valence-electron chi connectivity index (χ4n) is 2.18. The fourth-order valence-corrected chi connectivity index (χ4v) is 2.93. The van der Waals surface area contributed by atoms with E-state index in [-0.39, 0.29) is 23.7 Å². The third-order valence-electron chi connectivity index (χ3n) is 3.13. The molecule has 0 aliphatic heterocycles. The predicted octanol–water partition coefficient (Wildman–Crippen LogP) is 4.12. The van der Waals surface area contributed by atoms with E-state index >= 15 is 0 Å². The van der Waals surface area contributed by atoms with Crippen molar-refractivity contribution in [1.29, 1.82) is 0 Å². The molecule has 23 heavy (non-hydrogen) atoms. The molecule has 0 aliphatic carbocycles. The minimum absolute atomic E-state index is 0.101. The Bertz CT molecular complexity index is 662. The van der Waals surface area contributed by atoms with Gasteiger partial charge >= 0.3 is 0 Å². The smallest absolute Gasteiger partial charge is 0.270 e. The Kier molecular flexibility index (Phi) is 5.49. The van der Waals surface area contributed by atoms with Crippen molar-refractivity contribution in [3.63, 3.8) is 0 Å². The van der Waals surface area contributed by atoms with Gasteiger partial charge in [0.05, 0.1) is 17.8 Å². The van der Waals surface area contributed by atoms with E-state index in [9.17, 15) is 9.18 Å². The first-order valence-electron chi connectivity index (χ1n) is 7.30. The average molecular weight is 336 g/mol. The van der Waals surface area contributed by atoms with Crippen LogP contribution >= 0.6 is 11.3 Å². The molecule has 0 saturated heterocycles.